The Balaban J connectivity index is 1.49. The van der Waals surface area contributed by atoms with E-state index in [1.165, 1.54) is 17.2 Å². The summed E-state index contributed by atoms with van der Waals surface area (Å²) in [6.07, 6.45) is -2.44. The number of rotatable bonds is 4. The first kappa shape index (κ1) is 17.7. The summed E-state index contributed by atoms with van der Waals surface area (Å²) in [5, 5.41) is 20.6. The quantitative estimate of drug-likeness (QED) is 0.470. The first-order chi connectivity index (χ1) is 12.3. The van der Waals surface area contributed by atoms with Crippen LogP contribution in [0.4, 0.5) is 5.82 Å². The normalized spacial score (nSPS) is 32.7. The number of anilines is 1. The van der Waals surface area contributed by atoms with E-state index in [0.717, 1.165) is 0 Å². The summed E-state index contributed by atoms with van der Waals surface area (Å²) in [7, 11) is 0. The van der Waals surface area contributed by atoms with Gasteiger partial charge in [-0.15, -0.1) is 0 Å². The molecular formula is C14H15Cl2N5O5. The van der Waals surface area contributed by atoms with E-state index < -0.39 is 40.9 Å². The summed E-state index contributed by atoms with van der Waals surface area (Å²) in [5.74, 6) is -0.450. The fourth-order valence-electron chi connectivity index (χ4n) is 2.87. The molecule has 10 nitrogen and oxygen atoms in total. The summed E-state index contributed by atoms with van der Waals surface area (Å²) in [6.45, 7) is 0. The van der Waals surface area contributed by atoms with Crippen LogP contribution in [0.1, 0.15) is 19.1 Å². The molecular weight excluding hydrogens is 389 g/mol. The Kier molecular flexibility index (Phi) is 4.20. The number of alkyl halides is 2. The lowest BCUT2D eigenvalue weighted by Crippen LogP contribution is -2.33. The second kappa shape index (κ2) is 6.17. The van der Waals surface area contributed by atoms with Crippen molar-refractivity contribution in [1.29, 1.82) is 0 Å². The number of fused-ring (bicyclic) bond motifs is 1. The van der Waals surface area contributed by atoms with Crippen LogP contribution in [0, 0.1) is 0 Å². The van der Waals surface area contributed by atoms with Crippen molar-refractivity contribution in [3.05, 3.63) is 12.7 Å². The van der Waals surface area contributed by atoms with Crippen molar-refractivity contribution in [3.8, 4) is 0 Å². The molecule has 3 heterocycles. The average Bonchev–Trinajstić information content (AvgIpc) is 2.91. The smallest absolute Gasteiger partial charge is 0.308 e. The molecule has 2 aromatic heterocycles. The maximum Gasteiger partial charge on any atom is 0.308 e. The molecule has 26 heavy (non-hydrogen) atoms. The van der Waals surface area contributed by atoms with E-state index in [2.05, 4.69) is 15.0 Å². The van der Waals surface area contributed by atoms with Gasteiger partial charge in [-0.3, -0.25) is 9.36 Å². The lowest BCUT2D eigenvalue weighted by Gasteiger charge is -2.16. The summed E-state index contributed by atoms with van der Waals surface area (Å²) in [4.78, 5) is 24.0. The van der Waals surface area contributed by atoms with Crippen LogP contribution in [0.2, 0.25) is 0 Å². The Labute approximate surface area is 156 Å². The maximum absolute atomic E-state index is 12.0. The average molecular weight is 404 g/mol. The number of hydrogen-bond donors (Lipinski definition) is 3. The lowest BCUT2D eigenvalue weighted by atomic mass is 10.1. The van der Waals surface area contributed by atoms with Gasteiger partial charge in [-0.25, -0.2) is 15.0 Å². The second-order valence-corrected chi connectivity index (χ2v) is 7.82. The molecule has 1 aliphatic heterocycles. The number of carbonyl (C=O) groups is 1. The molecule has 12 heteroatoms. The molecule has 1 aliphatic carbocycles. The van der Waals surface area contributed by atoms with Gasteiger partial charge in [0.05, 0.1) is 18.9 Å². The standard InChI is InChI=1S/C14H15Cl2N5O5/c15-14(16)2-6(14)26-7(22)1-5-9(23)10(24)13(25-5)21-4-20-8-11(17)18-3-19-12(8)21/h3-6,9-10,13,23-24H,1-2H2,(H2,17,18,19)/t5-,6?,9-,10-,13?/m1/s1. The van der Waals surface area contributed by atoms with Crippen LogP contribution in [0.5, 0.6) is 0 Å². The highest BCUT2D eigenvalue weighted by atomic mass is 35.5. The van der Waals surface area contributed by atoms with Crippen molar-refractivity contribution in [2.24, 2.45) is 0 Å². The number of halogens is 2. The van der Waals surface area contributed by atoms with Crippen molar-refractivity contribution in [3.63, 3.8) is 0 Å². The molecule has 2 aliphatic rings. The number of ether oxygens (including phenoxy) is 2. The highest BCUT2D eigenvalue weighted by Gasteiger charge is 2.55. The molecule has 1 saturated heterocycles. The molecule has 0 amide bonds. The summed E-state index contributed by atoms with van der Waals surface area (Å²) >= 11 is 11.6. The van der Waals surface area contributed by atoms with Crippen molar-refractivity contribution < 1.29 is 24.5 Å². The minimum Gasteiger partial charge on any atom is -0.459 e. The minimum atomic E-state index is -1.31. The molecule has 2 unspecified atom stereocenters. The van der Waals surface area contributed by atoms with Crippen LogP contribution in [-0.4, -0.2) is 64.5 Å². The summed E-state index contributed by atoms with van der Waals surface area (Å²) < 4.78 is 11.1. The van der Waals surface area contributed by atoms with Crippen molar-refractivity contribution in [2.45, 2.75) is 47.8 Å². The summed E-state index contributed by atoms with van der Waals surface area (Å²) in [6, 6.07) is 0. The number of esters is 1. The van der Waals surface area contributed by atoms with E-state index in [1.54, 1.807) is 0 Å². The fraction of sp³-hybridized carbons (Fsp3) is 0.571. The molecule has 1 saturated carbocycles. The highest BCUT2D eigenvalue weighted by Crippen LogP contribution is 2.49. The topological polar surface area (TPSA) is 146 Å². The van der Waals surface area contributed by atoms with Gasteiger partial charge in [0.2, 0.25) is 0 Å². The molecule has 0 spiro atoms. The van der Waals surface area contributed by atoms with Gasteiger partial charge in [0.25, 0.3) is 0 Å². The van der Waals surface area contributed by atoms with Gasteiger partial charge in [-0.05, 0) is 0 Å². The van der Waals surface area contributed by atoms with E-state index in [1.807, 2.05) is 0 Å². The predicted molar refractivity (Wildman–Crippen MR) is 89.2 cm³/mol. The molecule has 2 fully saturated rings. The largest absolute Gasteiger partial charge is 0.459 e. The lowest BCUT2D eigenvalue weighted by molar-refractivity contribution is -0.149. The van der Waals surface area contributed by atoms with Gasteiger partial charge >= 0.3 is 5.97 Å². The molecule has 0 bridgehead atoms. The van der Waals surface area contributed by atoms with Crippen LogP contribution >= 0.6 is 23.2 Å². The zero-order valence-electron chi connectivity index (χ0n) is 13.2. The zero-order valence-corrected chi connectivity index (χ0v) is 14.7. The zero-order chi connectivity index (χ0) is 18.6. The molecule has 4 N–H and O–H groups in total. The number of imidazole rings is 1. The van der Waals surface area contributed by atoms with Gasteiger partial charge in [0.15, 0.2) is 22.0 Å². The third-order valence-corrected chi connectivity index (χ3v) is 5.20. The van der Waals surface area contributed by atoms with E-state index >= 15 is 0 Å². The van der Waals surface area contributed by atoms with E-state index in [0.29, 0.717) is 17.6 Å². The molecule has 140 valence electrons. The Bertz CT molecular complexity index is 861. The molecule has 0 aromatic carbocycles. The van der Waals surface area contributed by atoms with Crippen LogP contribution in [0.25, 0.3) is 11.2 Å². The van der Waals surface area contributed by atoms with Crippen LogP contribution in [0.3, 0.4) is 0 Å². The van der Waals surface area contributed by atoms with Gasteiger partial charge in [0, 0.05) is 6.42 Å². The molecule has 2 aromatic rings. The number of nitrogens with two attached hydrogens (primary N) is 1. The van der Waals surface area contributed by atoms with Crippen LogP contribution < -0.4 is 5.73 Å². The Morgan fingerprint density at radius 1 is 1.38 bits per heavy atom. The number of aliphatic hydroxyl groups excluding tert-OH is 2. The molecule has 5 atom stereocenters. The van der Waals surface area contributed by atoms with E-state index in [-0.39, 0.29) is 12.2 Å². The van der Waals surface area contributed by atoms with Crippen LogP contribution in [-0.2, 0) is 14.3 Å². The first-order valence-corrected chi connectivity index (χ1v) is 8.55. The van der Waals surface area contributed by atoms with Gasteiger partial charge in [-0.2, -0.15) is 0 Å². The monoisotopic (exact) mass is 403 g/mol. The number of aromatic nitrogens is 4. The Morgan fingerprint density at radius 2 is 2.12 bits per heavy atom. The number of carbonyl (C=O) groups excluding carboxylic acids is 1. The van der Waals surface area contributed by atoms with Crippen LogP contribution in [0.15, 0.2) is 12.7 Å². The fourth-order valence-corrected chi connectivity index (χ4v) is 3.24. The maximum atomic E-state index is 12.0. The van der Waals surface area contributed by atoms with E-state index in [4.69, 9.17) is 38.4 Å². The predicted octanol–water partition coefficient (Wildman–Crippen LogP) is -0.0928. The number of hydrogen-bond acceptors (Lipinski definition) is 9. The summed E-state index contributed by atoms with van der Waals surface area (Å²) in [5.41, 5.74) is 6.41. The number of nitrogens with zero attached hydrogens (tertiary/aromatic N) is 4. The van der Waals surface area contributed by atoms with Crippen molar-refractivity contribution >= 4 is 46.2 Å². The number of nitrogen functional groups attached to an aromatic ring is 1. The van der Waals surface area contributed by atoms with Gasteiger partial charge in [-0.1, -0.05) is 23.2 Å². The third kappa shape index (κ3) is 2.97. The van der Waals surface area contributed by atoms with Gasteiger partial charge in [0.1, 0.15) is 30.2 Å². The second-order valence-electron chi connectivity index (χ2n) is 6.28. The Morgan fingerprint density at radius 3 is 2.81 bits per heavy atom. The van der Waals surface area contributed by atoms with Crippen molar-refractivity contribution in [2.75, 3.05) is 5.73 Å². The molecule has 4 rings (SSSR count). The van der Waals surface area contributed by atoms with Gasteiger partial charge < -0.3 is 25.4 Å². The minimum absolute atomic E-state index is 0.178. The Hall–Kier alpha value is -1.72. The SMILES string of the molecule is Nc1ncnc2c1ncn2C1O[C@H](CC(=O)OC2CC2(Cl)Cl)[C@@H](O)[C@H]1O. The van der Waals surface area contributed by atoms with Crippen molar-refractivity contribution in [1.82, 2.24) is 19.5 Å². The van der Waals surface area contributed by atoms with E-state index in [9.17, 15) is 15.0 Å². The first-order valence-electron chi connectivity index (χ1n) is 7.80. The highest BCUT2D eigenvalue weighted by molar-refractivity contribution is 6.51. The molecule has 0 radical (unpaired) electrons. The number of aliphatic hydroxyl groups is 2. The third-order valence-electron chi connectivity index (χ3n) is 4.41.